The minimum absolute atomic E-state index is 0.0699. The molecule has 41 heavy (non-hydrogen) atoms. The molecular formula is C29H38F6N4O2. The molecule has 12 heteroatoms. The highest BCUT2D eigenvalue weighted by molar-refractivity contribution is 5.78. The zero-order valence-electron chi connectivity index (χ0n) is 23.4. The molecule has 0 radical (unpaired) electrons. The maximum Gasteiger partial charge on any atom is 0.412 e. The Hall–Kier alpha value is -2.99. The van der Waals surface area contributed by atoms with Crippen molar-refractivity contribution in [2.24, 2.45) is 22.9 Å². The summed E-state index contributed by atoms with van der Waals surface area (Å²) in [6, 6.07) is 0. The van der Waals surface area contributed by atoms with Gasteiger partial charge in [-0.25, -0.2) is 0 Å². The van der Waals surface area contributed by atoms with Gasteiger partial charge in [0.2, 0.25) is 5.90 Å². The molecule has 0 bridgehead atoms. The molecule has 1 fully saturated rings. The average molecular weight is 589 g/mol. The van der Waals surface area contributed by atoms with E-state index < -0.39 is 42.4 Å². The lowest BCUT2D eigenvalue weighted by molar-refractivity contribution is -0.166. The Morgan fingerprint density at radius 2 is 2.05 bits per heavy atom. The van der Waals surface area contributed by atoms with E-state index in [0.29, 0.717) is 30.5 Å². The second kappa shape index (κ2) is 14.3. The molecule has 228 valence electrons. The van der Waals surface area contributed by atoms with Crippen LogP contribution in [0.4, 0.5) is 26.3 Å². The van der Waals surface area contributed by atoms with E-state index in [-0.39, 0.29) is 18.7 Å². The van der Waals surface area contributed by atoms with Crippen LogP contribution in [0.3, 0.4) is 0 Å². The van der Waals surface area contributed by atoms with Crippen molar-refractivity contribution in [3.8, 4) is 0 Å². The molecule has 2 heterocycles. The molecule has 1 saturated heterocycles. The van der Waals surface area contributed by atoms with Crippen LogP contribution in [0.2, 0.25) is 0 Å². The maximum atomic E-state index is 13.4. The molecule has 0 aromatic heterocycles. The number of halogens is 6. The van der Waals surface area contributed by atoms with Crippen LogP contribution in [0, 0.1) is 17.8 Å². The first-order valence-electron chi connectivity index (χ1n) is 13.6. The highest BCUT2D eigenvalue weighted by Crippen LogP contribution is 2.43. The van der Waals surface area contributed by atoms with Crippen LogP contribution >= 0.6 is 0 Å². The Kier molecular flexibility index (Phi) is 11.3. The number of hydrogen-bond acceptors (Lipinski definition) is 6. The van der Waals surface area contributed by atoms with Gasteiger partial charge in [-0.05, 0) is 61.4 Å². The summed E-state index contributed by atoms with van der Waals surface area (Å²) in [5.74, 6) is -2.24. The van der Waals surface area contributed by atoms with Gasteiger partial charge in [0.25, 0.3) is 0 Å². The number of rotatable bonds is 11. The van der Waals surface area contributed by atoms with E-state index in [2.05, 4.69) is 15.8 Å². The van der Waals surface area contributed by atoms with Crippen molar-refractivity contribution in [1.29, 1.82) is 0 Å². The number of hydrazone groups is 1. The molecular weight excluding hydrogens is 550 g/mol. The fourth-order valence-corrected chi connectivity index (χ4v) is 5.03. The fourth-order valence-electron chi connectivity index (χ4n) is 5.03. The van der Waals surface area contributed by atoms with Gasteiger partial charge in [0, 0.05) is 32.1 Å². The van der Waals surface area contributed by atoms with Crippen molar-refractivity contribution in [2.45, 2.75) is 58.1 Å². The summed E-state index contributed by atoms with van der Waals surface area (Å²) < 4.78 is 85.8. The van der Waals surface area contributed by atoms with Gasteiger partial charge < -0.3 is 15.2 Å². The van der Waals surface area contributed by atoms with E-state index in [4.69, 9.17) is 4.74 Å². The van der Waals surface area contributed by atoms with Crippen LogP contribution in [0.5, 0.6) is 0 Å². The predicted octanol–water partition coefficient (Wildman–Crippen LogP) is 6.09. The van der Waals surface area contributed by atoms with E-state index in [1.54, 1.807) is 12.2 Å². The zero-order chi connectivity index (χ0) is 30.2. The Morgan fingerprint density at radius 1 is 1.29 bits per heavy atom. The molecule has 4 atom stereocenters. The number of nitrogens with one attached hydrogen (secondary N) is 2. The molecule has 0 saturated carbocycles. The highest BCUT2D eigenvalue weighted by Gasteiger charge is 2.45. The number of allylic oxidation sites excluding steroid dienone is 8. The third-order valence-corrected chi connectivity index (χ3v) is 7.30. The summed E-state index contributed by atoms with van der Waals surface area (Å²) >= 11 is 0. The predicted molar refractivity (Wildman–Crippen MR) is 146 cm³/mol. The number of likely N-dealkylation sites (tertiary alicyclic amines) is 1. The van der Waals surface area contributed by atoms with Crippen LogP contribution in [-0.2, 0) is 4.74 Å². The van der Waals surface area contributed by atoms with Crippen molar-refractivity contribution in [3.63, 3.8) is 0 Å². The maximum absolute atomic E-state index is 13.4. The molecule has 2 aliphatic heterocycles. The van der Waals surface area contributed by atoms with E-state index in [0.717, 1.165) is 25.0 Å². The largest absolute Gasteiger partial charge is 0.457 e. The number of hydrogen-bond donors (Lipinski definition) is 3. The first-order chi connectivity index (χ1) is 19.3. The zero-order valence-corrected chi connectivity index (χ0v) is 23.4. The fraction of sp³-hybridized carbons (Fsp3) is 0.552. The molecule has 3 aliphatic rings. The summed E-state index contributed by atoms with van der Waals surface area (Å²) in [4.78, 5) is 1.92. The molecule has 4 unspecified atom stereocenters. The first kappa shape index (κ1) is 32.5. The Balaban J connectivity index is 1.78. The molecule has 1 aliphatic carbocycles. The number of nitrogens with zero attached hydrogens (tertiary/aromatic N) is 2. The summed E-state index contributed by atoms with van der Waals surface area (Å²) in [5, 5.41) is 18.2. The smallest absolute Gasteiger partial charge is 0.412 e. The van der Waals surface area contributed by atoms with Crippen molar-refractivity contribution in [3.05, 3.63) is 71.0 Å². The normalized spacial score (nSPS) is 24.7. The van der Waals surface area contributed by atoms with Gasteiger partial charge in [0.1, 0.15) is 6.23 Å². The number of alkyl halides is 6. The number of aliphatic hydroxyl groups excluding tert-OH is 1. The standard InChI is InChI=1S/C29H38F6N4O2/c1-19(5-4-11-36-3)13-21-10-12-39(17-21)27(40)22(8-9-26-38-37-18-41-26)7-6-20(2)23-14-24(28(30,31)32)16-25(15-23)29(33,34)35/h4-8,11,14-15,20-21,24,27,36-37,40H,9-10,12-13,16-18H2,1-3H3/b7-6-,11-4-,19-5+,22-8+. The Bertz CT molecular complexity index is 1120. The van der Waals surface area contributed by atoms with Crippen LogP contribution < -0.4 is 10.7 Å². The van der Waals surface area contributed by atoms with Gasteiger partial charge in [0.15, 0.2) is 6.73 Å². The van der Waals surface area contributed by atoms with Crippen LogP contribution in [0.25, 0.3) is 0 Å². The van der Waals surface area contributed by atoms with Gasteiger partial charge in [-0.1, -0.05) is 49.0 Å². The van der Waals surface area contributed by atoms with Crippen molar-refractivity contribution < 1.29 is 36.2 Å². The topological polar surface area (TPSA) is 69.1 Å². The van der Waals surface area contributed by atoms with Crippen LogP contribution in [-0.4, -0.2) is 61.4 Å². The lowest BCUT2D eigenvalue weighted by Gasteiger charge is -2.27. The summed E-state index contributed by atoms with van der Waals surface area (Å²) in [6.07, 6.45) is 2.46. The van der Waals surface area contributed by atoms with E-state index in [1.165, 1.54) is 18.6 Å². The lowest BCUT2D eigenvalue weighted by atomic mass is 9.84. The Morgan fingerprint density at radius 3 is 2.68 bits per heavy atom. The molecule has 0 aromatic rings. The van der Waals surface area contributed by atoms with Crippen molar-refractivity contribution in [2.75, 3.05) is 26.9 Å². The minimum atomic E-state index is -4.85. The minimum Gasteiger partial charge on any atom is -0.457 e. The number of aliphatic hydroxyl groups is 1. The second-order valence-electron chi connectivity index (χ2n) is 10.6. The van der Waals surface area contributed by atoms with Gasteiger partial charge in [-0.15, -0.1) is 5.10 Å². The van der Waals surface area contributed by atoms with Crippen molar-refractivity contribution in [1.82, 2.24) is 15.6 Å². The van der Waals surface area contributed by atoms with Crippen molar-refractivity contribution >= 4 is 5.90 Å². The molecule has 0 amide bonds. The molecule has 0 aromatic carbocycles. The van der Waals surface area contributed by atoms with E-state index in [1.807, 2.05) is 37.2 Å². The molecule has 3 N–H and O–H groups in total. The monoisotopic (exact) mass is 588 g/mol. The van der Waals surface area contributed by atoms with Gasteiger partial charge in [-0.3, -0.25) is 10.3 Å². The Labute approximate surface area is 236 Å². The van der Waals surface area contributed by atoms with Gasteiger partial charge >= 0.3 is 12.4 Å². The van der Waals surface area contributed by atoms with Gasteiger partial charge in [-0.2, -0.15) is 26.3 Å². The molecule has 0 spiro atoms. The van der Waals surface area contributed by atoms with E-state index in [9.17, 15) is 31.4 Å². The summed E-state index contributed by atoms with van der Waals surface area (Å²) in [7, 11) is 1.82. The van der Waals surface area contributed by atoms with Crippen LogP contribution in [0.15, 0.2) is 76.1 Å². The number of ether oxygens (including phenoxy) is 1. The first-order valence-corrected chi connectivity index (χ1v) is 13.6. The third-order valence-electron chi connectivity index (χ3n) is 7.30. The summed E-state index contributed by atoms with van der Waals surface area (Å²) in [6.45, 7) is 5.08. The van der Waals surface area contributed by atoms with E-state index >= 15 is 0 Å². The quantitative estimate of drug-likeness (QED) is 0.201. The van der Waals surface area contributed by atoms with Crippen LogP contribution in [0.1, 0.15) is 39.5 Å². The average Bonchev–Trinajstić information content (AvgIpc) is 3.59. The van der Waals surface area contributed by atoms with Gasteiger partial charge in [0.05, 0.1) is 5.92 Å². The second-order valence-corrected chi connectivity index (χ2v) is 10.6. The lowest BCUT2D eigenvalue weighted by Crippen LogP contribution is -2.34. The SMILES string of the molecule is CN/C=C\C=C(/C)CC1CCN(C(O)C(/C=C\C(C)C2=CC(C(F)(F)F)CC(C(F)(F)F)=C2)=C/CC2=NNCO2)C1. The summed E-state index contributed by atoms with van der Waals surface area (Å²) in [5.41, 5.74) is 3.08. The molecule has 3 rings (SSSR count). The highest BCUT2D eigenvalue weighted by atomic mass is 19.4. The molecule has 6 nitrogen and oxygen atoms in total. The third kappa shape index (κ3) is 9.81.